The molecule has 7 heteroatoms. The molecule has 140 valence electrons. The molecule has 0 aromatic carbocycles. The van der Waals surface area contributed by atoms with Crippen LogP contribution < -0.4 is 10.6 Å². The lowest BCUT2D eigenvalue weighted by Gasteiger charge is -2.34. The number of hydrogen-bond acceptors (Lipinski definition) is 4. The largest absolute Gasteiger partial charge is 0.378 e. The highest BCUT2D eigenvalue weighted by molar-refractivity contribution is 5.88. The molecule has 2 atom stereocenters. The van der Waals surface area contributed by atoms with Crippen LogP contribution in [0.1, 0.15) is 44.7 Å². The van der Waals surface area contributed by atoms with Crippen LogP contribution in [0.4, 0.5) is 10.6 Å². The molecule has 2 amide bonds. The van der Waals surface area contributed by atoms with Gasteiger partial charge in [0.05, 0.1) is 31.0 Å². The van der Waals surface area contributed by atoms with E-state index < -0.39 is 0 Å². The van der Waals surface area contributed by atoms with E-state index in [1.165, 1.54) is 19.3 Å². The van der Waals surface area contributed by atoms with Gasteiger partial charge in [0.25, 0.3) is 0 Å². The summed E-state index contributed by atoms with van der Waals surface area (Å²) >= 11 is 0. The minimum Gasteiger partial charge on any atom is -0.378 e. The molecule has 2 aliphatic rings. The molecule has 0 saturated carbocycles. The van der Waals surface area contributed by atoms with Crippen molar-refractivity contribution in [3.8, 4) is 0 Å². The van der Waals surface area contributed by atoms with Gasteiger partial charge >= 0.3 is 6.03 Å². The van der Waals surface area contributed by atoms with Crippen LogP contribution in [0.25, 0.3) is 0 Å². The first-order chi connectivity index (χ1) is 12.2. The minimum absolute atomic E-state index is 0.0474. The summed E-state index contributed by atoms with van der Waals surface area (Å²) < 4.78 is 7.53. The molecular formula is C18H31N5O2. The van der Waals surface area contributed by atoms with Crippen molar-refractivity contribution in [2.75, 3.05) is 31.6 Å². The molecule has 25 heavy (non-hydrogen) atoms. The Morgan fingerprint density at radius 3 is 2.88 bits per heavy atom. The number of unbranched alkanes of at least 4 members (excludes halogenated alkanes) is 1. The van der Waals surface area contributed by atoms with E-state index in [1.807, 2.05) is 17.7 Å². The predicted octanol–water partition coefficient (Wildman–Crippen LogP) is 2.37. The number of carbonyl (C=O) groups is 1. The van der Waals surface area contributed by atoms with Gasteiger partial charge in [0.2, 0.25) is 0 Å². The second kappa shape index (κ2) is 8.67. The quantitative estimate of drug-likeness (QED) is 0.827. The van der Waals surface area contributed by atoms with Crippen LogP contribution in [0, 0.1) is 6.92 Å². The molecule has 0 spiro atoms. The Bertz CT molecular complexity index is 568. The highest BCUT2D eigenvalue weighted by atomic mass is 16.5. The summed E-state index contributed by atoms with van der Waals surface area (Å²) in [5.41, 5.74) is 0.918. The summed E-state index contributed by atoms with van der Waals surface area (Å²) in [5.74, 6) is 0.761. The van der Waals surface area contributed by atoms with E-state index in [1.54, 1.807) is 0 Å². The lowest BCUT2D eigenvalue weighted by molar-refractivity contribution is 0.125. The van der Waals surface area contributed by atoms with Crippen LogP contribution in [0.15, 0.2) is 6.07 Å². The number of ether oxygens (including phenoxy) is 1. The Labute approximate surface area is 150 Å². The molecule has 2 aliphatic heterocycles. The molecule has 0 unspecified atom stereocenters. The van der Waals surface area contributed by atoms with Crippen molar-refractivity contribution < 1.29 is 9.53 Å². The van der Waals surface area contributed by atoms with Crippen molar-refractivity contribution in [1.29, 1.82) is 0 Å². The number of amides is 2. The van der Waals surface area contributed by atoms with E-state index in [0.717, 1.165) is 44.0 Å². The van der Waals surface area contributed by atoms with Gasteiger partial charge in [0.1, 0.15) is 5.82 Å². The highest BCUT2D eigenvalue weighted by Gasteiger charge is 2.34. The molecule has 7 nitrogen and oxygen atoms in total. The second-order valence-corrected chi connectivity index (χ2v) is 7.15. The number of piperidine rings is 1. The fourth-order valence-electron chi connectivity index (χ4n) is 3.74. The van der Waals surface area contributed by atoms with E-state index in [2.05, 4.69) is 27.6 Å². The van der Waals surface area contributed by atoms with E-state index in [4.69, 9.17) is 4.74 Å². The standard InChI is InChI=1S/C18H31N5O2/c1-3-4-10-23-17(11-14(2)21-23)20-18(24)19-15-12-25-13-16(15)22-8-6-5-7-9-22/h11,15-16H,3-10,12-13H2,1-2H3,(H2,19,20,24)/t15-,16-/m0/s1. The van der Waals surface area contributed by atoms with Gasteiger partial charge in [-0.15, -0.1) is 0 Å². The molecule has 0 radical (unpaired) electrons. The maximum atomic E-state index is 12.5. The second-order valence-electron chi connectivity index (χ2n) is 7.15. The van der Waals surface area contributed by atoms with E-state index in [9.17, 15) is 4.79 Å². The Kier molecular flexibility index (Phi) is 6.31. The summed E-state index contributed by atoms with van der Waals surface area (Å²) in [6.07, 6.45) is 5.94. The van der Waals surface area contributed by atoms with Gasteiger partial charge in [-0.05, 0) is 39.3 Å². The Morgan fingerprint density at radius 2 is 2.12 bits per heavy atom. The lowest BCUT2D eigenvalue weighted by atomic mass is 10.1. The molecule has 0 bridgehead atoms. The van der Waals surface area contributed by atoms with Crippen LogP contribution in [0.2, 0.25) is 0 Å². The van der Waals surface area contributed by atoms with Gasteiger partial charge in [-0.25, -0.2) is 9.48 Å². The van der Waals surface area contributed by atoms with Crippen molar-refractivity contribution >= 4 is 11.8 Å². The van der Waals surface area contributed by atoms with Gasteiger partial charge < -0.3 is 10.1 Å². The summed E-state index contributed by atoms with van der Waals surface area (Å²) in [6, 6.07) is 2.09. The number of rotatable bonds is 6. The number of carbonyl (C=O) groups excluding carboxylic acids is 1. The smallest absolute Gasteiger partial charge is 0.320 e. The molecule has 3 rings (SSSR count). The molecule has 2 fully saturated rings. The average Bonchev–Trinajstić information content (AvgIpc) is 3.20. The van der Waals surface area contributed by atoms with Crippen LogP contribution in [0.5, 0.6) is 0 Å². The third-order valence-electron chi connectivity index (χ3n) is 5.09. The number of anilines is 1. The van der Waals surface area contributed by atoms with Crippen LogP contribution in [-0.4, -0.2) is 59.1 Å². The number of nitrogens with zero attached hydrogens (tertiary/aromatic N) is 3. The monoisotopic (exact) mass is 349 g/mol. The first kappa shape index (κ1) is 18.2. The molecule has 3 heterocycles. The Morgan fingerprint density at radius 1 is 1.32 bits per heavy atom. The number of likely N-dealkylation sites (tertiary alicyclic amines) is 1. The third-order valence-corrected chi connectivity index (χ3v) is 5.09. The predicted molar refractivity (Wildman–Crippen MR) is 97.8 cm³/mol. The van der Waals surface area contributed by atoms with Crippen molar-refractivity contribution in [2.24, 2.45) is 0 Å². The van der Waals surface area contributed by atoms with E-state index in [-0.39, 0.29) is 18.1 Å². The zero-order valence-corrected chi connectivity index (χ0v) is 15.5. The zero-order chi connectivity index (χ0) is 17.6. The fourth-order valence-corrected chi connectivity index (χ4v) is 3.74. The van der Waals surface area contributed by atoms with Crippen LogP contribution in [0.3, 0.4) is 0 Å². The number of nitrogens with one attached hydrogen (secondary N) is 2. The zero-order valence-electron chi connectivity index (χ0n) is 15.5. The number of aryl methyl sites for hydroxylation is 2. The maximum Gasteiger partial charge on any atom is 0.320 e. The molecule has 2 saturated heterocycles. The van der Waals surface area contributed by atoms with Crippen molar-refractivity contribution in [3.63, 3.8) is 0 Å². The van der Waals surface area contributed by atoms with E-state index in [0.29, 0.717) is 13.2 Å². The molecule has 1 aromatic rings. The SMILES string of the molecule is CCCCn1nc(C)cc1NC(=O)N[C@H]1COC[C@@H]1N1CCCCC1. The lowest BCUT2D eigenvalue weighted by Crippen LogP contribution is -2.53. The van der Waals surface area contributed by atoms with Gasteiger partial charge in [-0.2, -0.15) is 5.10 Å². The molecule has 0 aliphatic carbocycles. The average molecular weight is 349 g/mol. The summed E-state index contributed by atoms with van der Waals surface area (Å²) in [6.45, 7) is 8.43. The summed E-state index contributed by atoms with van der Waals surface area (Å²) in [4.78, 5) is 15.0. The third kappa shape index (κ3) is 4.73. The maximum absolute atomic E-state index is 12.5. The topological polar surface area (TPSA) is 71.4 Å². The fraction of sp³-hybridized carbons (Fsp3) is 0.778. The van der Waals surface area contributed by atoms with Crippen molar-refractivity contribution in [3.05, 3.63) is 11.8 Å². The number of aromatic nitrogens is 2. The Hall–Kier alpha value is -1.60. The van der Waals surface area contributed by atoms with Crippen molar-refractivity contribution in [1.82, 2.24) is 20.0 Å². The van der Waals surface area contributed by atoms with Crippen molar-refractivity contribution in [2.45, 2.75) is 64.6 Å². The molecule has 1 aromatic heterocycles. The minimum atomic E-state index is -0.171. The molecule has 2 N–H and O–H groups in total. The van der Waals surface area contributed by atoms with Gasteiger partial charge in [-0.3, -0.25) is 10.2 Å². The summed E-state index contributed by atoms with van der Waals surface area (Å²) in [5, 5.41) is 10.5. The summed E-state index contributed by atoms with van der Waals surface area (Å²) in [7, 11) is 0. The number of urea groups is 1. The number of hydrogen-bond donors (Lipinski definition) is 2. The molecular weight excluding hydrogens is 318 g/mol. The van der Waals surface area contributed by atoms with Crippen LogP contribution >= 0.6 is 0 Å². The Balaban J connectivity index is 1.56. The normalized spacial score (nSPS) is 24.4. The van der Waals surface area contributed by atoms with Gasteiger partial charge in [0.15, 0.2) is 0 Å². The van der Waals surface area contributed by atoms with Gasteiger partial charge in [0, 0.05) is 12.6 Å². The van der Waals surface area contributed by atoms with Gasteiger partial charge in [-0.1, -0.05) is 19.8 Å². The van der Waals surface area contributed by atoms with Crippen LogP contribution in [-0.2, 0) is 11.3 Å². The first-order valence-electron chi connectivity index (χ1n) is 9.61. The first-order valence-corrected chi connectivity index (χ1v) is 9.61. The highest BCUT2D eigenvalue weighted by Crippen LogP contribution is 2.19. The van der Waals surface area contributed by atoms with E-state index >= 15 is 0 Å².